The molecule has 2 aromatic carbocycles. The van der Waals surface area contributed by atoms with Crippen molar-refractivity contribution in [2.24, 2.45) is 5.73 Å². The molecule has 6 nitrogen and oxygen atoms in total. The van der Waals surface area contributed by atoms with E-state index >= 15 is 0 Å². The van der Waals surface area contributed by atoms with Crippen molar-refractivity contribution in [1.82, 2.24) is 4.57 Å². The van der Waals surface area contributed by atoms with Crippen LogP contribution in [0.2, 0.25) is 0 Å². The van der Waals surface area contributed by atoms with Gasteiger partial charge in [0.15, 0.2) is 18.3 Å². The predicted octanol–water partition coefficient (Wildman–Crippen LogP) is 0.0471. The van der Waals surface area contributed by atoms with Gasteiger partial charge in [0, 0.05) is 12.0 Å². The Morgan fingerprint density at radius 1 is 1.17 bits per heavy atom. The number of oxazole rings is 1. The minimum atomic E-state index is -0.411. The lowest BCUT2D eigenvalue weighted by molar-refractivity contribution is -0.953. The molecule has 0 fully saturated rings. The predicted molar refractivity (Wildman–Crippen MR) is 88.3 cm³/mol. The van der Waals surface area contributed by atoms with E-state index in [4.69, 9.17) is 10.2 Å². The van der Waals surface area contributed by atoms with E-state index < -0.39 is 5.76 Å². The first kappa shape index (κ1) is 14.7. The third-order valence-electron chi connectivity index (χ3n) is 4.73. The van der Waals surface area contributed by atoms with Crippen LogP contribution < -0.4 is 16.4 Å². The fourth-order valence-electron chi connectivity index (χ4n) is 3.50. The molecular formula is C18H18N3O3+. The average molecular weight is 324 g/mol. The van der Waals surface area contributed by atoms with Crippen LogP contribution in [0.5, 0.6) is 0 Å². The van der Waals surface area contributed by atoms with Gasteiger partial charge in [0.25, 0.3) is 5.91 Å². The second-order valence-electron chi connectivity index (χ2n) is 6.18. The molecule has 0 bridgehead atoms. The Hall–Kier alpha value is -2.86. The maximum Gasteiger partial charge on any atom is 0.424 e. The minimum Gasteiger partial charge on any atom is -0.408 e. The summed E-state index contributed by atoms with van der Waals surface area (Å²) in [5, 5.41) is 0. The summed E-state index contributed by atoms with van der Waals surface area (Å²) >= 11 is 0. The van der Waals surface area contributed by atoms with Crippen LogP contribution in [0.25, 0.3) is 11.1 Å². The highest BCUT2D eigenvalue weighted by Crippen LogP contribution is 2.15. The summed E-state index contributed by atoms with van der Waals surface area (Å²) in [6.07, 6.45) is 0.589. The molecule has 0 saturated carbocycles. The normalized spacial score (nSPS) is 20.0. The van der Waals surface area contributed by atoms with Gasteiger partial charge in [-0.25, -0.2) is 9.36 Å². The van der Waals surface area contributed by atoms with Crippen LogP contribution in [0.15, 0.2) is 57.7 Å². The van der Waals surface area contributed by atoms with E-state index in [9.17, 15) is 9.59 Å². The van der Waals surface area contributed by atoms with E-state index in [1.807, 2.05) is 36.4 Å². The van der Waals surface area contributed by atoms with Crippen molar-refractivity contribution in [3.05, 3.63) is 70.2 Å². The molecule has 0 aliphatic carbocycles. The van der Waals surface area contributed by atoms with Crippen LogP contribution >= 0.6 is 0 Å². The number of nitrogens with one attached hydrogen (secondary N) is 1. The number of amides is 1. The Morgan fingerprint density at radius 2 is 1.88 bits per heavy atom. The van der Waals surface area contributed by atoms with E-state index in [1.54, 1.807) is 10.6 Å². The molecule has 1 amide bonds. The molecule has 4 rings (SSSR count). The zero-order chi connectivity index (χ0) is 16.7. The van der Waals surface area contributed by atoms with Crippen molar-refractivity contribution in [3.63, 3.8) is 0 Å². The Kier molecular flexibility index (Phi) is 3.46. The molecule has 122 valence electrons. The van der Waals surface area contributed by atoms with E-state index in [0.29, 0.717) is 25.2 Å². The Labute approximate surface area is 138 Å². The first-order chi connectivity index (χ1) is 11.6. The van der Waals surface area contributed by atoms with Crippen LogP contribution in [-0.2, 0) is 24.4 Å². The second-order valence-corrected chi connectivity index (χ2v) is 6.18. The van der Waals surface area contributed by atoms with Gasteiger partial charge in [0.05, 0.1) is 5.52 Å². The Bertz CT molecular complexity index is 973. The number of hydrogen-bond donors (Lipinski definition) is 2. The standard InChI is InChI=1S/C18H17N3O3/c19-17(22)15-9-12-5-1-2-6-13(12)10-20(15)11-21-14-7-3-4-8-16(14)24-18(21)23/h1-8,15H,9-11H2,(H2,19,22)/p+1/t15-/m1/s1. The van der Waals surface area contributed by atoms with Crippen molar-refractivity contribution in [3.8, 4) is 0 Å². The molecule has 0 radical (unpaired) electrons. The Morgan fingerprint density at radius 3 is 2.67 bits per heavy atom. The van der Waals surface area contributed by atoms with Crippen molar-refractivity contribution in [1.29, 1.82) is 0 Å². The lowest BCUT2D eigenvalue weighted by Gasteiger charge is -2.31. The zero-order valence-electron chi connectivity index (χ0n) is 13.1. The summed E-state index contributed by atoms with van der Waals surface area (Å²) in [7, 11) is 0. The third kappa shape index (κ3) is 2.41. The number of carbonyl (C=O) groups excluding carboxylic acids is 1. The van der Waals surface area contributed by atoms with Gasteiger partial charge in [-0.2, -0.15) is 0 Å². The largest absolute Gasteiger partial charge is 0.424 e. The van der Waals surface area contributed by atoms with E-state index in [-0.39, 0.29) is 11.9 Å². The van der Waals surface area contributed by atoms with E-state index in [0.717, 1.165) is 16.0 Å². The zero-order valence-corrected chi connectivity index (χ0v) is 13.1. The topological polar surface area (TPSA) is 82.7 Å². The third-order valence-corrected chi connectivity index (χ3v) is 4.73. The van der Waals surface area contributed by atoms with Crippen LogP contribution in [-0.4, -0.2) is 16.5 Å². The number of benzene rings is 2. The molecule has 2 heterocycles. The molecule has 6 heteroatoms. The maximum absolute atomic E-state index is 12.2. The number of rotatable bonds is 3. The smallest absolute Gasteiger partial charge is 0.408 e. The lowest BCUT2D eigenvalue weighted by atomic mass is 9.94. The summed E-state index contributed by atoms with van der Waals surface area (Å²) in [5.41, 5.74) is 9.24. The first-order valence-corrected chi connectivity index (χ1v) is 7.92. The van der Waals surface area contributed by atoms with Crippen molar-refractivity contribution < 1.29 is 14.1 Å². The summed E-state index contributed by atoms with van der Waals surface area (Å²) in [4.78, 5) is 25.1. The summed E-state index contributed by atoms with van der Waals surface area (Å²) in [5.74, 6) is -0.758. The fourth-order valence-corrected chi connectivity index (χ4v) is 3.50. The van der Waals surface area contributed by atoms with Crippen molar-refractivity contribution in [2.45, 2.75) is 25.7 Å². The van der Waals surface area contributed by atoms with Crippen molar-refractivity contribution in [2.75, 3.05) is 0 Å². The molecule has 0 spiro atoms. The van der Waals surface area contributed by atoms with Gasteiger partial charge in [-0.1, -0.05) is 36.4 Å². The number of primary amides is 1. The van der Waals surface area contributed by atoms with Crippen LogP contribution in [0.4, 0.5) is 0 Å². The average Bonchev–Trinajstić information content (AvgIpc) is 2.90. The molecule has 3 aromatic rings. The molecule has 1 aliphatic rings. The monoisotopic (exact) mass is 324 g/mol. The van der Waals surface area contributed by atoms with Gasteiger partial charge in [0.1, 0.15) is 6.54 Å². The minimum absolute atomic E-state index is 0.345. The van der Waals surface area contributed by atoms with E-state index in [2.05, 4.69) is 6.07 Å². The molecule has 24 heavy (non-hydrogen) atoms. The molecule has 3 N–H and O–H groups in total. The molecule has 1 aliphatic heterocycles. The SMILES string of the molecule is NC(=O)[C@H]1Cc2ccccc2C[NH+]1Cn1c(=O)oc2ccccc21. The highest BCUT2D eigenvalue weighted by atomic mass is 16.4. The number of hydrogen-bond acceptors (Lipinski definition) is 3. The molecular weight excluding hydrogens is 306 g/mol. The molecule has 2 atom stereocenters. The quantitative estimate of drug-likeness (QED) is 0.714. The van der Waals surface area contributed by atoms with Crippen LogP contribution in [0.3, 0.4) is 0 Å². The number of carbonyl (C=O) groups is 1. The summed E-state index contributed by atoms with van der Waals surface area (Å²) in [6, 6.07) is 15.0. The number of nitrogens with zero attached hydrogens (tertiary/aromatic N) is 1. The number of fused-ring (bicyclic) bond motifs is 2. The number of para-hydroxylation sites is 2. The van der Waals surface area contributed by atoms with E-state index in [1.165, 1.54) is 5.56 Å². The summed E-state index contributed by atoms with van der Waals surface area (Å²) < 4.78 is 6.86. The van der Waals surface area contributed by atoms with Gasteiger partial charge in [-0.3, -0.25) is 4.79 Å². The van der Waals surface area contributed by atoms with Gasteiger partial charge < -0.3 is 15.1 Å². The lowest BCUT2D eigenvalue weighted by Crippen LogP contribution is -3.16. The number of aromatic nitrogens is 1. The van der Waals surface area contributed by atoms with Crippen molar-refractivity contribution >= 4 is 17.0 Å². The second kappa shape index (κ2) is 5.65. The maximum atomic E-state index is 12.2. The molecule has 0 saturated heterocycles. The highest BCUT2D eigenvalue weighted by molar-refractivity contribution is 5.79. The van der Waals surface area contributed by atoms with Gasteiger partial charge in [0.2, 0.25) is 0 Å². The van der Waals surface area contributed by atoms with Crippen LogP contribution in [0, 0.1) is 0 Å². The molecule has 1 aromatic heterocycles. The summed E-state index contributed by atoms with van der Waals surface area (Å²) in [6.45, 7) is 0.994. The first-order valence-electron chi connectivity index (χ1n) is 7.92. The van der Waals surface area contributed by atoms with Gasteiger partial charge >= 0.3 is 5.76 Å². The molecule has 1 unspecified atom stereocenters. The number of nitrogens with two attached hydrogens (primary N) is 1. The van der Waals surface area contributed by atoms with Gasteiger partial charge in [-0.15, -0.1) is 0 Å². The fraction of sp³-hybridized carbons (Fsp3) is 0.222. The van der Waals surface area contributed by atoms with Crippen LogP contribution in [0.1, 0.15) is 11.1 Å². The highest BCUT2D eigenvalue weighted by Gasteiger charge is 2.34. The number of quaternary nitrogens is 1. The van der Waals surface area contributed by atoms with Gasteiger partial charge in [-0.05, 0) is 17.7 Å². The Balaban J connectivity index is 1.73.